The zero-order valence-corrected chi connectivity index (χ0v) is 11.6. The van der Waals surface area contributed by atoms with Gasteiger partial charge in [0, 0.05) is 6.04 Å². The van der Waals surface area contributed by atoms with Crippen LogP contribution >= 0.6 is 0 Å². The zero-order valence-electron chi connectivity index (χ0n) is 11.6. The number of hydrogen-bond donors (Lipinski definition) is 1. The van der Waals surface area contributed by atoms with Crippen LogP contribution in [0.2, 0.25) is 0 Å². The summed E-state index contributed by atoms with van der Waals surface area (Å²) in [5.41, 5.74) is 0. The van der Waals surface area contributed by atoms with E-state index in [0.717, 1.165) is 18.8 Å². The summed E-state index contributed by atoms with van der Waals surface area (Å²) in [4.78, 5) is 11.8. The third-order valence-corrected chi connectivity index (χ3v) is 4.50. The Bertz CT molecular complexity index is 261. The summed E-state index contributed by atoms with van der Waals surface area (Å²) in [7, 11) is 0. The topological polar surface area (TPSA) is 38.3 Å². The molecule has 0 saturated heterocycles. The SMILES string of the molecule is CCC1CCCC(OC(=O)CNC2CCCC2)C1. The molecule has 2 aliphatic rings. The van der Waals surface area contributed by atoms with Gasteiger partial charge in [-0.3, -0.25) is 4.79 Å². The predicted molar refractivity (Wildman–Crippen MR) is 72.4 cm³/mol. The molecule has 2 fully saturated rings. The molecule has 104 valence electrons. The lowest BCUT2D eigenvalue weighted by Crippen LogP contribution is -2.35. The molecule has 0 aromatic rings. The van der Waals surface area contributed by atoms with E-state index in [1.54, 1.807) is 0 Å². The van der Waals surface area contributed by atoms with Crippen LogP contribution < -0.4 is 5.32 Å². The largest absolute Gasteiger partial charge is 0.461 e. The van der Waals surface area contributed by atoms with Crippen LogP contribution in [0.3, 0.4) is 0 Å². The molecule has 0 radical (unpaired) electrons. The molecule has 2 aliphatic carbocycles. The maximum Gasteiger partial charge on any atom is 0.320 e. The maximum absolute atomic E-state index is 11.8. The van der Waals surface area contributed by atoms with Crippen LogP contribution in [-0.4, -0.2) is 24.7 Å². The van der Waals surface area contributed by atoms with Gasteiger partial charge in [-0.15, -0.1) is 0 Å². The normalized spacial score (nSPS) is 29.4. The molecule has 0 spiro atoms. The van der Waals surface area contributed by atoms with Gasteiger partial charge >= 0.3 is 5.97 Å². The van der Waals surface area contributed by atoms with Gasteiger partial charge in [-0.1, -0.05) is 32.6 Å². The Balaban J connectivity index is 1.63. The fourth-order valence-corrected chi connectivity index (χ4v) is 3.30. The molecule has 0 aromatic carbocycles. The van der Waals surface area contributed by atoms with E-state index in [9.17, 15) is 4.79 Å². The molecule has 2 rings (SSSR count). The second kappa shape index (κ2) is 7.13. The number of rotatable bonds is 5. The molecular formula is C15H27NO2. The smallest absolute Gasteiger partial charge is 0.320 e. The summed E-state index contributed by atoms with van der Waals surface area (Å²) < 4.78 is 5.58. The number of carbonyl (C=O) groups excluding carboxylic acids is 1. The molecule has 1 N–H and O–H groups in total. The Labute approximate surface area is 111 Å². The van der Waals surface area contributed by atoms with Gasteiger partial charge in [0.1, 0.15) is 6.10 Å². The van der Waals surface area contributed by atoms with Crippen LogP contribution in [0.4, 0.5) is 0 Å². The third-order valence-electron chi connectivity index (χ3n) is 4.50. The minimum Gasteiger partial charge on any atom is -0.461 e. The first-order chi connectivity index (χ1) is 8.78. The van der Waals surface area contributed by atoms with Gasteiger partial charge in [0.15, 0.2) is 0 Å². The fraction of sp³-hybridized carbons (Fsp3) is 0.933. The number of nitrogens with one attached hydrogen (secondary N) is 1. The van der Waals surface area contributed by atoms with Crippen LogP contribution in [0, 0.1) is 5.92 Å². The van der Waals surface area contributed by atoms with E-state index in [0.29, 0.717) is 12.6 Å². The van der Waals surface area contributed by atoms with Gasteiger partial charge in [0.05, 0.1) is 6.54 Å². The molecule has 2 atom stereocenters. The van der Waals surface area contributed by atoms with Crippen LogP contribution in [0.25, 0.3) is 0 Å². The molecular weight excluding hydrogens is 226 g/mol. The highest BCUT2D eigenvalue weighted by Gasteiger charge is 2.24. The molecule has 18 heavy (non-hydrogen) atoms. The standard InChI is InChI=1S/C15H27NO2/c1-2-12-6-5-9-14(10-12)18-15(17)11-16-13-7-3-4-8-13/h12-14,16H,2-11H2,1H3. The van der Waals surface area contributed by atoms with Crippen molar-refractivity contribution in [3.8, 4) is 0 Å². The quantitative estimate of drug-likeness (QED) is 0.765. The average Bonchev–Trinajstić information content (AvgIpc) is 2.90. The van der Waals surface area contributed by atoms with Crippen molar-refractivity contribution in [3.63, 3.8) is 0 Å². The van der Waals surface area contributed by atoms with E-state index in [1.165, 1.54) is 44.9 Å². The van der Waals surface area contributed by atoms with E-state index < -0.39 is 0 Å². The first-order valence-electron chi connectivity index (χ1n) is 7.70. The summed E-state index contributed by atoms with van der Waals surface area (Å²) in [5.74, 6) is 0.711. The Hall–Kier alpha value is -0.570. The highest BCUT2D eigenvalue weighted by atomic mass is 16.5. The van der Waals surface area contributed by atoms with Crippen molar-refractivity contribution < 1.29 is 9.53 Å². The average molecular weight is 253 g/mol. The van der Waals surface area contributed by atoms with E-state index in [-0.39, 0.29) is 12.1 Å². The molecule has 0 bridgehead atoms. The van der Waals surface area contributed by atoms with Crippen molar-refractivity contribution in [2.45, 2.75) is 76.9 Å². The predicted octanol–water partition coefficient (Wildman–Crippen LogP) is 3.03. The molecule has 0 aliphatic heterocycles. The van der Waals surface area contributed by atoms with Crippen molar-refractivity contribution in [2.24, 2.45) is 5.92 Å². The van der Waals surface area contributed by atoms with E-state index >= 15 is 0 Å². The highest BCUT2D eigenvalue weighted by Crippen LogP contribution is 2.28. The Morgan fingerprint density at radius 3 is 2.67 bits per heavy atom. The van der Waals surface area contributed by atoms with Gasteiger partial charge in [-0.2, -0.15) is 0 Å². The Morgan fingerprint density at radius 2 is 1.94 bits per heavy atom. The summed E-state index contributed by atoms with van der Waals surface area (Å²) in [5, 5.41) is 3.32. The number of hydrogen-bond acceptors (Lipinski definition) is 3. The van der Waals surface area contributed by atoms with E-state index in [2.05, 4.69) is 12.2 Å². The minimum atomic E-state index is -0.0522. The van der Waals surface area contributed by atoms with Crippen molar-refractivity contribution >= 4 is 5.97 Å². The van der Waals surface area contributed by atoms with Gasteiger partial charge in [-0.05, 0) is 38.0 Å². The van der Waals surface area contributed by atoms with Gasteiger partial charge in [0.2, 0.25) is 0 Å². The first-order valence-corrected chi connectivity index (χ1v) is 7.70. The molecule has 0 heterocycles. The van der Waals surface area contributed by atoms with Crippen LogP contribution in [0.15, 0.2) is 0 Å². The van der Waals surface area contributed by atoms with Crippen molar-refractivity contribution in [1.29, 1.82) is 0 Å². The van der Waals surface area contributed by atoms with Gasteiger partial charge < -0.3 is 10.1 Å². The molecule has 2 saturated carbocycles. The number of ether oxygens (including phenoxy) is 1. The molecule has 2 unspecified atom stereocenters. The summed E-state index contributed by atoms with van der Waals surface area (Å²) >= 11 is 0. The van der Waals surface area contributed by atoms with Crippen molar-refractivity contribution in [1.82, 2.24) is 5.32 Å². The first kappa shape index (κ1) is 13.9. The van der Waals surface area contributed by atoms with E-state index in [4.69, 9.17) is 4.74 Å². The van der Waals surface area contributed by atoms with Crippen LogP contribution in [0.5, 0.6) is 0 Å². The molecule has 3 heteroatoms. The van der Waals surface area contributed by atoms with Crippen molar-refractivity contribution in [3.05, 3.63) is 0 Å². The molecule has 0 aromatic heterocycles. The minimum absolute atomic E-state index is 0.0522. The lowest BCUT2D eigenvalue weighted by Gasteiger charge is -2.28. The van der Waals surface area contributed by atoms with Crippen molar-refractivity contribution in [2.75, 3.05) is 6.54 Å². The van der Waals surface area contributed by atoms with Crippen LogP contribution in [0.1, 0.15) is 64.7 Å². The number of esters is 1. The summed E-state index contributed by atoms with van der Waals surface area (Å²) in [6.45, 7) is 2.63. The molecule has 3 nitrogen and oxygen atoms in total. The Kier molecular flexibility index (Phi) is 5.48. The third kappa shape index (κ3) is 4.27. The lowest BCUT2D eigenvalue weighted by molar-refractivity contribution is -0.150. The fourth-order valence-electron chi connectivity index (χ4n) is 3.30. The van der Waals surface area contributed by atoms with Gasteiger partial charge in [0.25, 0.3) is 0 Å². The van der Waals surface area contributed by atoms with E-state index in [1.807, 2.05) is 0 Å². The highest BCUT2D eigenvalue weighted by molar-refractivity contribution is 5.71. The summed E-state index contributed by atoms with van der Waals surface area (Å²) in [6, 6.07) is 0.548. The second-order valence-corrected chi connectivity index (χ2v) is 5.92. The lowest BCUT2D eigenvalue weighted by atomic mass is 9.85. The van der Waals surface area contributed by atoms with Gasteiger partial charge in [-0.25, -0.2) is 0 Å². The molecule has 0 amide bonds. The summed E-state index contributed by atoms with van der Waals surface area (Å²) in [6.07, 6.45) is 11.1. The van der Waals surface area contributed by atoms with Crippen LogP contribution in [-0.2, 0) is 9.53 Å². The maximum atomic E-state index is 11.8. The monoisotopic (exact) mass is 253 g/mol. The zero-order chi connectivity index (χ0) is 12.8. The Morgan fingerprint density at radius 1 is 1.17 bits per heavy atom. The second-order valence-electron chi connectivity index (χ2n) is 5.92. The number of carbonyl (C=O) groups is 1.